The van der Waals surface area contributed by atoms with E-state index >= 15 is 0 Å². The number of carboxylic acid groups (broad SMARTS) is 1. The maximum atomic E-state index is 11.7. The first-order chi connectivity index (χ1) is 10.0. The first-order valence-electron chi connectivity index (χ1n) is 5.92. The largest absolute Gasteiger partial charge is 0.484 e. The summed E-state index contributed by atoms with van der Waals surface area (Å²) in [6, 6.07) is 9.37. The van der Waals surface area contributed by atoms with Crippen molar-refractivity contribution in [2.75, 3.05) is 11.9 Å². The lowest BCUT2D eigenvalue weighted by Crippen LogP contribution is -2.20. The van der Waals surface area contributed by atoms with Gasteiger partial charge < -0.3 is 15.2 Å². The summed E-state index contributed by atoms with van der Waals surface area (Å²) in [7, 11) is 0. The van der Waals surface area contributed by atoms with Crippen molar-refractivity contribution in [1.82, 2.24) is 4.98 Å². The summed E-state index contributed by atoms with van der Waals surface area (Å²) in [5, 5.41) is 11.8. The molecule has 21 heavy (non-hydrogen) atoms. The minimum absolute atomic E-state index is 0.0922. The van der Waals surface area contributed by atoms with Gasteiger partial charge in [0.05, 0.1) is 11.9 Å². The molecule has 1 aromatic heterocycles. The molecule has 0 saturated carbocycles. The van der Waals surface area contributed by atoms with Crippen LogP contribution >= 0.6 is 11.6 Å². The topological polar surface area (TPSA) is 88.5 Å². The van der Waals surface area contributed by atoms with Crippen LogP contribution in [0.15, 0.2) is 42.6 Å². The van der Waals surface area contributed by atoms with Gasteiger partial charge in [0, 0.05) is 5.02 Å². The fourth-order valence-corrected chi connectivity index (χ4v) is 1.60. The number of rotatable bonds is 5. The van der Waals surface area contributed by atoms with Crippen LogP contribution < -0.4 is 10.1 Å². The molecule has 108 valence electrons. The average molecular weight is 307 g/mol. The van der Waals surface area contributed by atoms with Crippen molar-refractivity contribution in [2.45, 2.75) is 0 Å². The summed E-state index contributed by atoms with van der Waals surface area (Å²) in [4.78, 5) is 26.0. The average Bonchev–Trinajstić information content (AvgIpc) is 2.47. The van der Waals surface area contributed by atoms with Gasteiger partial charge in [-0.05, 0) is 36.4 Å². The van der Waals surface area contributed by atoms with E-state index < -0.39 is 5.97 Å². The van der Waals surface area contributed by atoms with E-state index in [-0.39, 0.29) is 18.2 Å². The van der Waals surface area contributed by atoms with Gasteiger partial charge in [-0.2, -0.15) is 0 Å². The molecule has 6 nitrogen and oxygen atoms in total. The number of carbonyl (C=O) groups excluding carboxylic acids is 1. The molecule has 0 spiro atoms. The Kier molecular flexibility index (Phi) is 4.73. The molecule has 0 bridgehead atoms. The lowest BCUT2D eigenvalue weighted by Gasteiger charge is -2.07. The molecule has 2 N–H and O–H groups in total. The molecule has 1 aromatic carbocycles. The number of nitrogens with one attached hydrogen (secondary N) is 1. The van der Waals surface area contributed by atoms with Gasteiger partial charge in [-0.3, -0.25) is 4.79 Å². The van der Waals surface area contributed by atoms with E-state index in [1.807, 2.05) is 0 Å². The smallest absolute Gasteiger partial charge is 0.354 e. The van der Waals surface area contributed by atoms with Crippen molar-refractivity contribution in [3.63, 3.8) is 0 Å². The van der Waals surface area contributed by atoms with Crippen molar-refractivity contribution in [3.8, 4) is 5.75 Å². The molecule has 0 aliphatic rings. The summed E-state index contributed by atoms with van der Waals surface area (Å²) in [6.07, 6.45) is 1.27. The van der Waals surface area contributed by atoms with Gasteiger partial charge in [-0.25, -0.2) is 9.78 Å². The van der Waals surface area contributed by atoms with E-state index in [1.54, 1.807) is 24.3 Å². The second kappa shape index (κ2) is 6.71. The number of hydrogen-bond donors (Lipinski definition) is 2. The second-order valence-corrected chi connectivity index (χ2v) is 4.46. The summed E-state index contributed by atoms with van der Waals surface area (Å²) < 4.78 is 5.27. The van der Waals surface area contributed by atoms with E-state index in [1.165, 1.54) is 18.3 Å². The first kappa shape index (κ1) is 14.8. The normalized spacial score (nSPS) is 9.95. The highest BCUT2D eigenvalue weighted by Crippen LogP contribution is 2.15. The zero-order valence-corrected chi connectivity index (χ0v) is 11.5. The maximum Gasteiger partial charge on any atom is 0.354 e. The third kappa shape index (κ3) is 4.47. The number of carboxylic acids is 1. The van der Waals surface area contributed by atoms with Gasteiger partial charge in [-0.15, -0.1) is 0 Å². The number of pyridine rings is 1. The van der Waals surface area contributed by atoms with Crippen LogP contribution in [0.2, 0.25) is 5.02 Å². The highest BCUT2D eigenvalue weighted by molar-refractivity contribution is 6.30. The van der Waals surface area contributed by atoms with E-state index in [0.29, 0.717) is 16.5 Å². The number of aromatic carboxylic acids is 1. The molecule has 1 heterocycles. The SMILES string of the molecule is O=C(COc1ccc(Cl)cc1)Nc1ccc(C(=O)O)nc1. The molecular formula is C14H11ClN2O4. The van der Waals surface area contributed by atoms with Gasteiger partial charge in [0.2, 0.25) is 0 Å². The fourth-order valence-electron chi connectivity index (χ4n) is 1.47. The van der Waals surface area contributed by atoms with Crippen LogP contribution in [-0.2, 0) is 4.79 Å². The molecule has 0 aliphatic carbocycles. The van der Waals surface area contributed by atoms with Gasteiger partial charge in [0.25, 0.3) is 5.91 Å². The zero-order valence-electron chi connectivity index (χ0n) is 10.7. The van der Waals surface area contributed by atoms with Gasteiger partial charge in [0.1, 0.15) is 11.4 Å². The van der Waals surface area contributed by atoms with Crippen LogP contribution in [0.3, 0.4) is 0 Å². The standard InChI is InChI=1S/C14H11ClN2O4/c15-9-1-4-11(5-2-9)21-8-13(18)17-10-3-6-12(14(19)20)16-7-10/h1-7H,8H2,(H,17,18)(H,19,20). The van der Waals surface area contributed by atoms with Crippen LogP contribution in [-0.4, -0.2) is 28.6 Å². The molecule has 0 fully saturated rings. The quantitative estimate of drug-likeness (QED) is 0.885. The summed E-state index contributed by atoms with van der Waals surface area (Å²) in [5.41, 5.74) is 0.301. The Bertz CT molecular complexity index is 641. The van der Waals surface area contributed by atoms with Crippen molar-refractivity contribution in [3.05, 3.63) is 53.3 Å². The molecular weight excluding hydrogens is 296 g/mol. The fraction of sp³-hybridized carbons (Fsp3) is 0.0714. The predicted molar refractivity (Wildman–Crippen MR) is 76.8 cm³/mol. The number of ether oxygens (including phenoxy) is 1. The summed E-state index contributed by atoms with van der Waals surface area (Å²) in [6.45, 7) is -0.178. The van der Waals surface area contributed by atoms with E-state index in [0.717, 1.165) is 0 Å². The molecule has 0 atom stereocenters. The minimum Gasteiger partial charge on any atom is -0.484 e. The number of nitrogens with zero attached hydrogens (tertiary/aromatic N) is 1. The zero-order chi connectivity index (χ0) is 15.2. The number of carbonyl (C=O) groups is 2. The molecule has 1 amide bonds. The predicted octanol–water partition coefficient (Wildman–Crippen LogP) is 2.45. The molecule has 7 heteroatoms. The number of amides is 1. The highest BCUT2D eigenvalue weighted by atomic mass is 35.5. The number of hydrogen-bond acceptors (Lipinski definition) is 4. The van der Waals surface area contributed by atoms with Crippen LogP contribution in [0, 0.1) is 0 Å². The maximum absolute atomic E-state index is 11.7. The molecule has 0 unspecified atom stereocenters. The minimum atomic E-state index is -1.13. The molecule has 0 aliphatic heterocycles. The molecule has 2 rings (SSSR count). The van der Waals surface area contributed by atoms with Crippen molar-refractivity contribution in [2.24, 2.45) is 0 Å². The van der Waals surface area contributed by atoms with Crippen molar-refractivity contribution >= 4 is 29.2 Å². The number of halogens is 1. The Labute approximate surface area is 125 Å². The van der Waals surface area contributed by atoms with Crippen LogP contribution in [0.4, 0.5) is 5.69 Å². The number of aromatic nitrogens is 1. The summed E-state index contributed by atoms with van der Waals surface area (Å²) >= 11 is 5.73. The van der Waals surface area contributed by atoms with Crippen molar-refractivity contribution < 1.29 is 19.4 Å². The van der Waals surface area contributed by atoms with Crippen LogP contribution in [0.5, 0.6) is 5.75 Å². The van der Waals surface area contributed by atoms with Gasteiger partial charge in [0.15, 0.2) is 6.61 Å². The van der Waals surface area contributed by atoms with E-state index in [4.69, 9.17) is 21.4 Å². The van der Waals surface area contributed by atoms with Gasteiger partial charge in [-0.1, -0.05) is 11.6 Å². The lowest BCUT2D eigenvalue weighted by atomic mass is 10.3. The second-order valence-electron chi connectivity index (χ2n) is 4.03. The Balaban J connectivity index is 1.86. The molecule has 0 saturated heterocycles. The van der Waals surface area contributed by atoms with E-state index in [2.05, 4.69) is 10.3 Å². The van der Waals surface area contributed by atoms with Crippen LogP contribution in [0.25, 0.3) is 0 Å². The van der Waals surface area contributed by atoms with Crippen LogP contribution in [0.1, 0.15) is 10.5 Å². The Morgan fingerprint density at radius 2 is 1.90 bits per heavy atom. The lowest BCUT2D eigenvalue weighted by molar-refractivity contribution is -0.118. The highest BCUT2D eigenvalue weighted by Gasteiger charge is 2.07. The monoisotopic (exact) mass is 306 g/mol. The van der Waals surface area contributed by atoms with Crippen molar-refractivity contribution in [1.29, 1.82) is 0 Å². The van der Waals surface area contributed by atoms with E-state index in [9.17, 15) is 9.59 Å². The first-order valence-corrected chi connectivity index (χ1v) is 6.30. The third-order valence-corrected chi connectivity index (χ3v) is 2.70. The molecule has 2 aromatic rings. The Morgan fingerprint density at radius 1 is 1.19 bits per heavy atom. The van der Waals surface area contributed by atoms with Gasteiger partial charge >= 0.3 is 5.97 Å². The Hall–Kier alpha value is -2.60. The molecule has 0 radical (unpaired) electrons. The third-order valence-electron chi connectivity index (χ3n) is 2.45. The summed E-state index contributed by atoms with van der Waals surface area (Å²) in [5.74, 6) is -0.984. The Morgan fingerprint density at radius 3 is 2.48 bits per heavy atom. The number of benzene rings is 1. The number of anilines is 1.